The Kier molecular flexibility index (Phi) is 5.01. The Balaban J connectivity index is 1.46. The number of nitrogens with zero attached hydrogens (tertiary/aromatic N) is 3. The van der Waals surface area contributed by atoms with Gasteiger partial charge in [-0.05, 0) is 48.7 Å². The summed E-state index contributed by atoms with van der Waals surface area (Å²) in [4.78, 5) is 27.1. The highest BCUT2D eigenvalue weighted by molar-refractivity contribution is 5.97. The third-order valence-corrected chi connectivity index (χ3v) is 5.94. The number of piperidine rings is 1. The maximum absolute atomic E-state index is 12.9. The molecule has 1 fully saturated rings. The average Bonchev–Trinajstić information content (AvgIpc) is 3.20. The molecule has 5 nitrogen and oxygen atoms in total. The second-order valence-corrected chi connectivity index (χ2v) is 7.87. The van der Waals surface area contributed by atoms with Gasteiger partial charge in [-0.3, -0.25) is 14.8 Å². The number of hydrogen-bond acceptors (Lipinski definition) is 3. The van der Waals surface area contributed by atoms with Crippen molar-refractivity contribution in [2.75, 3.05) is 13.1 Å². The minimum absolute atomic E-state index is 0.153. The summed E-state index contributed by atoms with van der Waals surface area (Å²) in [6.07, 6.45) is 7.85. The van der Waals surface area contributed by atoms with Gasteiger partial charge in [0.2, 0.25) is 5.91 Å². The van der Waals surface area contributed by atoms with E-state index in [0.717, 1.165) is 42.7 Å². The number of benzene rings is 1. The molecule has 0 radical (unpaired) electrons. The number of amides is 1. The lowest BCUT2D eigenvalue weighted by Crippen LogP contribution is -2.40. The lowest BCUT2D eigenvalue weighted by molar-refractivity contribution is -0.131. The second-order valence-electron chi connectivity index (χ2n) is 7.87. The molecule has 0 spiro atoms. The minimum atomic E-state index is 0.153. The number of aromatic nitrogens is 3. The minimum Gasteiger partial charge on any atom is -0.358 e. The van der Waals surface area contributed by atoms with Crippen LogP contribution in [0.5, 0.6) is 0 Å². The Labute approximate surface area is 175 Å². The van der Waals surface area contributed by atoms with Crippen molar-refractivity contribution in [1.82, 2.24) is 19.9 Å². The van der Waals surface area contributed by atoms with Crippen molar-refractivity contribution in [2.24, 2.45) is 0 Å². The first-order valence-corrected chi connectivity index (χ1v) is 10.5. The number of fused-ring (bicyclic) bond motifs is 1. The highest BCUT2D eigenvalue weighted by Crippen LogP contribution is 2.39. The van der Waals surface area contributed by atoms with E-state index in [1.165, 1.54) is 16.6 Å². The van der Waals surface area contributed by atoms with Gasteiger partial charge in [0.1, 0.15) is 0 Å². The van der Waals surface area contributed by atoms with E-state index >= 15 is 0 Å². The molecule has 1 N–H and O–H groups in total. The van der Waals surface area contributed by atoms with Crippen molar-refractivity contribution >= 4 is 16.8 Å². The topological polar surface area (TPSA) is 61.9 Å². The lowest BCUT2D eigenvalue weighted by atomic mass is 9.89. The molecule has 1 amide bonds. The predicted octanol–water partition coefficient (Wildman–Crippen LogP) is 4.57. The van der Waals surface area contributed by atoms with Gasteiger partial charge in [0.15, 0.2) is 0 Å². The second kappa shape index (κ2) is 8.11. The van der Waals surface area contributed by atoms with E-state index in [1.807, 2.05) is 35.5 Å². The molecule has 1 atom stereocenters. The van der Waals surface area contributed by atoms with Gasteiger partial charge in [-0.15, -0.1) is 0 Å². The third-order valence-electron chi connectivity index (χ3n) is 5.94. The molecule has 1 aliphatic heterocycles. The van der Waals surface area contributed by atoms with Crippen molar-refractivity contribution in [3.05, 3.63) is 84.6 Å². The number of carbonyl (C=O) groups excluding carboxylic acids is 1. The summed E-state index contributed by atoms with van der Waals surface area (Å²) < 4.78 is 0. The van der Waals surface area contributed by atoms with Crippen LogP contribution >= 0.6 is 0 Å². The number of aromatic amines is 1. The van der Waals surface area contributed by atoms with Crippen molar-refractivity contribution in [3.63, 3.8) is 0 Å². The van der Waals surface area contributed by atoms with Gasteiger partial charge >= 0.3 is 0 Å². The molecule has 1 aromatic carbocycles. The maximum Gasteiger partial charge on any atom is 0.228 e. The van der Waals surface area contributed by atoms with Crippen LogP contribution in [0.25, 0.3) is 22.0 Å². The van der Waals surface area contributed by atoms with Gasteiger partial charge in [0.05, 0.1) is 6.42 Å². The molecule has 1 aliphatic rings. The molecule has 5 rings (SSSR count). The van der Waals surface area contributed by atoms with Gasteiger partial charge in [-0.25, -0.2) is 0 Å². The van der Waals surface area contributed by atoms with Crippen molar-refractivity contribution in [3.8, 4) is 11.1 Å². The Morgan fingerprint density at radius 1 is 1.03 bits per heavy atom. The number of pyridine rings is 2. The summed E-state index contributed by atoms with van der Waals surface area (Å²) in [6, 6.07) is 18.3. The maximum atomic E-state index is 12.9. The SMILES string of the molecule is O=C(Cc1ccccn1)N1CCCC(c2[nH]c3ccccc3c2-c2ccncc2)C1. The average molecular weight is 396 g/mol. The fraction of sp³-hybridized carbons (Fsp3) is 0.240. The van der Waals surface area contributed by atoms with E-state index < -0.39 is 0 Å². The number of H-pyrrole nitrogens is 1. The van der Waals surface area contributed by atoms with Gasteiger partial charge in [-0.1, -0.05) is 24.3 Å². The zero-order valence-electron chi connectivity index (χ0n) is 16.8. The molecular weight excluding hydrogens is 372 g/mol. The summed E-state index contributed by atoms with van der Waals surface area (Å²) in [5.41, 5.74) is 5.58. The van der Waals surface area contributed by atoms with E-state index in [1.54, 1.807) is 6.20 Å². The molecule has 150 valence electrons. The van der Waals surface area contributed by atoms with Crippen molar-refractivity contribution < 1.29 is 4.79 Å². The standard InChI is InChI=1S/C25H24N4O/c30-23(16-20-7-3-4-12-27-20)29-15-5-6-19(17-29)25-24(18-10-13-26-14-11-18)21-8-1-2-9-22(21)28-25/h1-4,7-14,19,28H,5-6,15-17H2. The highest BCUT2D eigenvalue weighted by atomic mass is 16.2. The first kappa shape index (κ1) is 18.6. The number of para-hydroxylation sites is 1. The van der Waals surface area contributed by atoms with E-state index in [9.17, 15) is 4.79 Å². The van der Waals surface area contributed by atoms with Crippen LogP contribution < -0.4 is 0 Å². The largest absolute Gasteiger partial charge is 0.358 e. The van der Waals surface area contributed by atoms with E-state index in [-0.39, 0.29) is 11.8 Å². The Morgan fingerprint density at radius 2 is 1.87 bits per heavy atom. The summed E-state index contributed by atoms with van der Waals surface area (Å²) in [5, 5.41) is 1.22. The van der Waals surface area contributed by atoms with Crippen LogP contribution in [0.4, 0.5) is 0 Å². The third kappa shape index (κ3) is 3.59. The van der Waals surface area contributed by atoms with Crippen LogP contribution in [0.1, 0.15) is 30.1 Å². The van der Waals surface area contributed by atoms with E-state index in [0.29, 0.717) is 6.42 Å². The number of likely N-dealkylation sites (tertiary alicyclic amines) is 1. The number of hydrogen-bond donors (Lipinski definition) is 1. The van der Waals surface area contributed by atoms with E-state index in [2.05, 4.69) is 51.4 Å². The quantitative estimate of drug-likeness (QED) is 0.549. The van der Waals surface area contributed by atoms with Crippen molar-refractivity contribution in [1.29, 1.82) is 0 Å². The fourth-order valence-corrected chi connectivity index (χ4v) is 4.51. The van der Waals surface area contributed by atoms with Crippen LogP contribution in [0.3, 0.4) is 0 Å². The number of nitrogens with one attached hydrogen (secondary N) is 1. The molecule has 4 aromatic rings. The first-order valence-electron chi connectivity index (χ1n) is 10.5. The summed E-state index contributed by atoms with van der Waals surface area (Å²) in [6.45, 7) is 1.55. The molecule has 4 heterocycles. The monoisotopic (exact) mass is 396 g/mol. The summed E-state index contributed by atoms with van der Waals surface area (Å²) >= 11 is 0. The van der Waals surface area contributed by atoms with Gasteiger partial charge in [0.25, 0.3) is 0 Å². The Bertz CT molecular complexity index is 1150. The van der Waals surface area contributed by atoms with Crippen molar-refractivity contribution in [2.45, 2.75) is 25.2 Å². The number of carbonyl (C=O) groups is 1. The van der Waals surface area contributed by atoms with Crippen LogP contribution in [-0.4, -0.2) is 38.8 Å². The Morgan fingerprint density at radius 3 is 2.70 bits per heavy atom. The lowest BCUT2D eigenvalue weighted by Gasteiger charge is -2.33. The molecule has 0 aliphatic carbocycles. The van der Waals surface area contributed by atoms with Gasteiger partial charge in [-0.2, -0.15) is 0 Å². The highest BCUT2D eigenvalue weighted by Gasteiger charge is 2.28. The Hall–Kier alpha value is -3.47. The van der Waals surface area contributed by atoms with Crippen LogP contribution in [0.15, 0.2) is 73.2 Å². The molecule has 5 heteroatoms. The molecule has 1 saturated heterocycles. The summed E-state index contributed by atoms with van der Waals surface area (Å²) in [7, 11) is 0. The molecular formula is C25H24N4O. The zero-order valence-corrected chi connectivity index (χ0v) is 16.8. The van der Waals surface area contributed by atoms with Gasteiger partial charge < -0.3 is 9.88 Å². The number of rotatable bonds is 4. The van der Waals surface area contributed by atoms with Crippen LogP contribution in [0.2, 0.25) is 0 Å². The summed E-state index contributed by atoms with van der Waals surface area (Å²) in [5.74, 6) is 0.432. The molecule has 1 unspecified atom stereocenters. The first-order chi connectivity index (χ1) is 14.8. The molecule has 0 saturated carbocycles. The smallest absolute Gasteiger partial charge is 0.228 e. The fourth-order valence-electron chi connectivity index (χ4n) is 4.51. The normalized spacial score (nSPS) is 16.7. The van der Waals surface area contributed by atoms with Crippen LogP contribution in [0, 0.1) is 0 Å². The zero-order chi connectivity index (χ0) is 20.3. The predicted molar refractivity (Wildman–Crippen MR) is 118 cm³/mol. The van der Waals surface area contributed by atoms with Gasteiger partial charge in [0, 0.05) is 65.5 Å². The molecule has 0 bridgehead atoms. The van der Waals surface area contributed by atoms with Crippen LogP contribution in [-0.2, 0) is 11.2 Å². The van der Waals surface area contributed by atoms with E-state index in [4.69, 9.17) is 0 Å². The molecule has 30 heavy (non-hydrogen) atoms. The molecule has 3 aromatic heterocycles.